The number of rotatable bonds is 3. The topological polar surface area (TPSA) is 39.2 Å². The molecule has 0 fully saturated rings. The number of benzene rings is 1. The highest BCUT2D eigenvalue weighted by Gasteiger charge is 2.17. The van der Waals surface area contributed by atoms with Gasteiger partial charge in [0.25, 0.3) is 0 Å². The first-order chi connectivity index (χ1) is 9.01. The highest BCUT2D eigenvalue weighted by molar-refractivity contribution is 7.15. The van der Waals surface area contributed by atoms with Gasteiger partial charge >= 0.3 is 5.97 Å². The fourth-order valence-electron chi connectivity index (χ4n) is 1.59. The monoisotopic (exact) mass is 283 g/mol. The molecule has 0 saturated heterocycles. The third-order valence-corrected chi connectivity index (χ3v) is 3.39. The molecule has 0 spiro atoms. The maximum absolute atomic E-state index is 13.1. The molecule has 19 heavy (non-hydrogen) atoms. The van der Waals surface area contributed by atoms with E-state index in [9.17, 15) is 13.6 Å². The van der Waals surface area contributed by atoms with Crippen LogP contribution in [0.15, 0.2) is 18.2 Å². The summed E-state index contributed by atoms with van der Waals surface area (Å²) in [5.41, 5.74) is 0.493. The molecule has 0 aliphatic rings. The van der Waals surface area contributed by atoms with Gasteiger partial charge in [-0.05, 0) is 26.0 Å². The first-order valence-electron chi connectivity index (χ1n) is 5.62. The SMILES string of the molecule is CCOC(=O)c1nc(-c2cc(F)cc(F)c2)sc1C. The summed E-state index contributed by atoms with van der Waals surface area (Å²) >= 11 is 1.19. The number of esters is 1. The molecule has 0 bridgehead atoms. The molecule has 3 nitrogen and oxygen atoms in total. The molecule has 0 saturated carbocycles. The van der Waals surface area contributed by atoms with Crippen molar-refractivity contribution in [1.82, 2.24) is 4.98 Å². The fourth-order valence-corrected chi connectivity index (χ4v) is 2.47. The van der Waals surface area contributed by atoms with Crippen LogP contribution in [0.1, 0.15) is 22.3 Å². The van der Waals surface area contributed by atoms with Crippen LogP contribution in [0.3, 0.4) is 0 Å². The zero-order valence-corrected chi connectivity index (χ0v) is 11.2. The highest BCUT2D eigenvalue weighted by atomic mass is 32.1. The first kappa shape index (κ1) is 13.6. The van der Waals surface area contributed by atoms with Crippen LogP contribution >= 0.6 is 11.3 Å². The second-order valence-electron chi connectivity index (χ2n) is 3.80. The summed E-state index contributed by atoms with van der Waals surface area (Å²) < 4.78 is 31.2. The van der Waals surface area contributed by atoms with Gasteiger partial charge in [-0.1, -0.05) is 0 Å². The molecule has 2 rings (SSSR count). The second-order valence-corrected chi connectivity index (χ2v) is 5.01. The predicted octanol–water partition coefficient (Wildman–Crippen LogP) is 3.57. The van der Waals surface area contributed by atoms with Crippen LogP contribution in [0.4, 0.5) is 8.78 Å². The lowest BCUT2D eigenvalue weighted by molar-refractivity contribution is 0.0519. The largest absolute Gasteiger partial charge is 0.461 e. The molecule has 1 heterocycles. The summed E-state index contributed by atoms with van der Waals surface area (Å²) in [6, 6.07) is 3.14. The quantitative estimate of drug-likeness (QED) is 0.808. The van der Waals surface area contributed by atoms with Gasteiger partial charge in [0.15, 0.2) is 5.69 Å². The van der Waals surface area contributed by atoms with E-state index in [4.69, 9.17) is 4.74 Å². The number of carbonyl (C=O) groups is 1. The van der Waals surface area contributed by atoms with E-state index in [-0.39, 0.29) is 12.3 Å². The third-order valence-electron chi connectivity index (χ3n) is 2.37. The Morgan fingerprint density at radius 2 is 1.95 bits per heavy atom. The van der Waals surface area contributed by atoms with E-state index in [0.29, 0.717) is 15.4 Å². The van der Waals surface area contributed by atoms with Gasteiger partial charge in [0, 0.05) is 16.5 Å². The molecule has 1 aromatic carbocycles. The maximum Gasteiger partial charge on any atom is 0.358 e. The molecule has 2 aromatic rings. The van der Waals surface area contributed by atoms with Crippen molar-refractivity contribution in [2.45, 2.75) is 13.8 Å². The Balaban J connectivity index is 2.41. The summed E-state index contributed by atoms with van der Waals surface area (Å²) in [6.45, 7) is 3.66. The van der Waals surface area contributed by atoms with Crippen LogP contribution in [0.5, 0.6) is 0 Å². The van der Waals surface area contributed by atoms with E-state index in [0.717, 1.165) is 6.07 Å². The lowest BCUT2D eigenvalue weighted by atomic mass is 10.2. The molecule has 0 amide bonds. The number of halogens is 2. The van der Waals surface area contributed by atoms with Crippen LogP contribution < -0.4 is 0 Å². The normalized spacial score (nSPS) is 10.5. The molecular weight excluding hydrogens is 272 g/mol. The summed E-state index contributed by atoms with van der Waals surface area (Å²) in [7, 11) is 0. The molecule has 6 heteroatoms. The zero-order chi connectivity index (χ0) is 14.0. The lowest BCUT2D eigenvalue weighted by Crippen LogP contribution is -2.06. The number of nitrogens with zero attached hydrogens (tertiary/aromatic N) is 1. The third kappa shape index (κ3) is 2.96. The highest BCUT2D eigenvalue weighted by Crippen LogP contribution is 2.29. The van der Waals surface area contributed by atoms with Gasteiger partial charge in [0.2, 0.25) is 0 Å². The molecule has 1 aromatic heterocycles. The Kier molecular flexibility index (Phi) is 3.90. The standard InChI is InChI=1S/C13H11F2NO2S/c1-3-18-13(17)11-7(2)19-12(16-11)8-4-9(14)6-10(15)5-8/h4-6H,3H2,1-2H3. The molecule has 0 unspecified atom stereocenters. The minimum Gasteiger partial charge on any atom is -0.461 e. The number of ether oxygens (including phenoxy) is 1. The van der Waals surface area contributed by atoms with Crippen molar-refractivity contribution >= 4 is 17.3 Å². The van der Waals surface area contributed by atoms with Crippen LogP contribution in [-0.4, -0.2) is 17.6 Å². The van der Waals surface area contributed by atoms with Crippen molar-refractivity contribution in [2.75, 3.05) is 6.61 Å². The van der Waals surface area contributed by atoms with E-state index < -0.39 is 17.6 Å². The molecular formula is C13H11F2NO2S. The summed E-state index contributed by atoms with van der Waals surface area (Å²) in [5.74, 6) is -1.89. The van der Waals surface area contributed by atoms with Gasteiger partial charge in [-0.3, -0.25) is 0 Å². The number of hydrogen-bond donors (Lipinski definition) is 0. The Morgan fingerprint density at radius 1 is 1.32 bits per heavy atom. The first-order valence-corrected chi connectivity index (χ1v) is 6.44. The van der Waals surface area contributed by atoms with Crippen LogP contribution in [0, 0.1) is 18.6 Å². The number of thiazole rings is 1. The average Bonchev–Trinajstić information content (AvgIpc) is 2.70. The summed E-state index contributed by atoms with van der Waals surface area (Å²) in [5, 5.41) is 0.388. The molecule has 0 radical (unpaired) electrons. The molecule has 0 N–H and O–H groups in total. The van der Waals surface area contributed by atoms with Gasteiger partial charge in [-0.25, -0.2) is 18.6 Å². The second kappa shape index (κ2) is 5.44. The molecule has 0 aliphatic heterocycles. The fraction of sp³-hybridized carbons (Fsp3) is 0.231. The Morgan fingerprint density at radius 3 is 2.53 bits per heavy atom. The van der Waals surface area contributed by atoms with E-state index in [1.807, 2.05) is 0 Å². The Labute approximate surface area is 112 Å². The van der Waals surface area contributed by atoms with Crippen LogP contribution in [0.25, 0.3) is 10.6 Å². The van der Waals surface area contributed by atoms with Crippen LogP contribution in [-0.2, 0) is 4.74 Å². The number of aryl methyl sites for hydroxylation is 1. The minimum atomic E-state index is -0.680. The van der Waals surface area contributed by atoms with Crippen molar-refractivity contribution in [3.63, 3.8) is 0 Å². The average molecular weight is 283 g/mol. The summed E-state index contributed by atoms with van der Waals surface area (Å²) in [4.78, 5) is 16.4. The molecule has 0 atom stereocenters. The number of aromatic nitrogens is 1. The smallest absolute Gasteiger partial charge is 0.358 e. The van der Waals surface area contributed by atoms with Crippen LogP contribution in [0.2, 0.25) is 0 Å². The van der Waals surface area contributed by atoms with Gasteiger partial charge in [0.1, 0.15) is 16.6 Å². The van der Waals surface area contributed by atoms with Crippen molar-refractivity contribution in [3.05, 3.63) is 40.4 Å². The van der Waals surface area contributed by atoms with E-state index in [1.165, 1.54) is 23.5 Å². The van der Waals surface area contributed by atoms with Gasteiger partial charge in [-0.15, -0.1) is 11.3 Å². The molecule has 100 valence electrons. The zero-order valence-electron chi connectivity index (χ0n) is 10.4. The van der Waals surface area contributed by atoms with E-state index in [2.05, 4.69) is 4.98 Å². The van der Waals surface area contributed by atoms with Gasteiger partial charge in [-0.2, -0.15) is 0 Å². The molecule has 0 aliphatic carbocycles. The summed E-state index contributed by atoms with van der Waals surface area (Å²) in [6.07, 6.45) is 0. The van der Waals surface area contributed by atoms with Crippen molar-refractivity contribution in [3.8, 4) is 10.6 Å². The maximum atomic E-state index is 13.1. The number of carbonyl (C=O) groups excluding carboxylic acids is 1. The van der Waals surface area contributed by atoms with E-state index >= 15 is 0 Å². The van der Waals surface area contributed by atoms with Gasteiger partial charge in [0.05, 0.1) is 6.61 Å². The van der Waals surface area contributed by atoms with E-state index in [1.54, 1.807) is 13.8 Å². The number of hydrogen-bond acceptors (Lipinski definition) is 4. The Bertz CT molecular complexity index is 605. The van der Waals surface area contributed by atoms with Gasteiger partial charge < -0.3 is 4.74 Å². The minimum absolute atomic E-state index is 0.187. The van der Waals surface area contributed by atoms with Crippen molar-refractivity contribution in [2.24, 2.45) is 0 Å². The Hall–Kier alpha value is -1.82. The lowest BCUT2D eigenvalue weighted by Gasteiger charge is -1.98. The van der Waals surface area contributed by atoms with Crippen molar-refractivity contribution in [1.29, 1.82) is 0 Å². The van der Waals surface area contributed by atoms with Crippen molar-refractivity contribution < 1.29 is 18.3 Å². The predicted molar refractivity (Wildman–Crippen MR) is 68.2 cm³/mol.